The molecule has 0 radical (unpaired) electrons. The van der Waals surface area contributed by atoms with E-state index in [1.54, 1.807) is 11.3 Å². The molecular weight excluding hydrogens is 281 g/mol. The number of aryl methyl sites for hydroxylation is 1. The highest BCUT2D eigenvalue weighted by Crippen LogP contribution is 2.52. The summed E-state index contributed by atoms with van der Waals surface area (Å²) in [4.78, 5) is 4.49. The molecule has 1 aromatic heterocycles. The van der Waals surface area contributed by atoms with Crippen LogP contribution in [0.25, 0.3) is 10.2 Å². The van der Waals surface area contributed by atoms with Crippen molar-refractivity contribution >= 4 is 29.1 Å². The van der Waals surface area contributed by atoms with Gasteiger partial charge in [0, 0.05) is 0 Å². The first kappa shape index (κ1) is 14.7. The minimum Gasteiger partial charge on any atom is -0.309 e. The number of aromatic nitrogens is 1. The molecule has 0 N–H and O–H groups in total. The number of thiazole rings is 1. The highest BCUT2D eigenvalue weighted by molar-refractivity contribution is 7.53. The number of rotatable bonds is 6. The zero-order chi connectivity index (χ0) is 13.9. The Morgan fingerprint density at radius 1 is 1.26 bits per heavy atom. The predicted molar refractivity (Wildman–Crippen MR) is 78.9 cm³/mol. The van der Waals surface area contributed by atoms with Crippen molar-refractivity contribution in [3.8, 4) is 0 Å². The Labute approximate surface area is 117 Å². The van der Waals surface area contributed by atoms with Crippen LogP contribution in [0.15, 0.2) is 18.2 Å². The molecule has 0 aliphatic carbocycles. The molecule has 0 atom stereocenters. The first-order valence-corrected chi connectivity index (χ1v) is 8.85. The smallest absolute Gasteiger partial charge is 0.309 e. The Bertz CT molecular complexity index is 601. The average Bonchev–Trinajstić information content (AvgIpc) is 2.70. The van der Waals surface area contributed by atoms with Gasteiger partial charge >= 0.3 is 7.60 Å². The fraction of sp³-hybridized carbons (Fsp3) is 0.462. The van der Waals surface area contributed by atoms with Gasteiger partial charge in [-0.25, -0.2) is 4.98 Å². The summed E-state index contributed by atoms with van der Waals surface area (Å²) >= 11 is 1.55. The molecule has 2 rings (SSSR count). The SMILES string of the molecule is CCOP(=O)(Cc1nc2ccc(C)cc2s1)OCC. The summed E-state index contributed by atoms with van der Waals surface area (Å²) < 4.78 is 24.1. The normalized spacial score (nSPS) is 12.2. The highest BCUT2D eigenvalue weighted by atomic mass is 32.1. The summed E-state index contributed by atoms with van der Waals surface area (Å²) in [5, 5.41) is 0.797. The Balaban J connectivity index is 2.26. The molecule has 19 heavy (non-hydrogen) atoms. The number of hydrogen-bond donors (Lipinski definition) is 0. The molecule has 6 heteroatoms. The second-order valence-electron chi connectivity index (χ2n) is 4.18. The molecule has 0 saturated carbocycles. The molecule has 0 spiro atoms. The van der Waals surface area contributed by atoms with Gasteiger partial charge in [0.05, 0.1) is 23.4 Å². The molecule has 0 amide bonds. The molecule has 0 unspecified atom stereocenters. The van der Waals surface area contributed by atoms with E-state index in [0.717, 1.165) is 15.2 Å². The lowest BCUT2D eigenvalue weighted by Crippen LogP contribution is -1.98. The van der Waals surface area contributed by atoms with E-state index in [1.807, 2.05) is 32.9 Å². The summed E-state index contributed by atoms with van der Waals surface area (Å²) in [6, 6.07) is 6.09. The van der Waals surface area contributed by atoms with Crippen LogP contribution < -0.4 is 0 Å². The van der Waals surface area contributed by atoms with Gasteiger partial charge in [-0.2, -0.15) is 0 Å². The van der Waals surface area contributed by atoms with Crippen molar-refractivity contribution in [3.05, 3.63) is 28.8 Å². The fourth-order valence-corrected chi connectivity index (χ4v) is 4.87. The van der Waals surface area contributed by atoms with Crippen LogP contribution in [-0.4, -0.2) is 18.2 Å². The van der Waals surface area contributed by atoms with Crippen molar-refractivity contribution in [3.63, 3.8) is 0 Å². The van der Waals surface area contributed by atoms with Crippen LogP contribution >= 0.6 is 18.9 Å². The van der Waals surface area contributed by atoms with Gasteiger partial charge in [-0.1, -0.05) is 6.07 Å². The molecule has 104 valence electrons. The van der Waals surface area contributed by atoms with Crippen LogP contribution in [0.5, 0.6) is 0 Å². The molecular formula is C13H18NO3PS. The van der Waals surface area contributed by atoms with Crippen LogP contribution in [0.2, 0.25) is 0 Å². The zero-order valence-corrected chi connectivity index (χ0v) is 13.1. The maximum Gasteiger partial charge on any atom is 0.337 e. The minimum atomic E-state index is -3.06. The molecule has 0 bridgehead atoms. The first-order chi connectivity index (χ1) is 9.06. The second kappa shape index (κ2) is 6.14. The third kappa shape index (κ3) is 3.63. The quantitative estimate of drug-likeness (QED) is 0.743. The number of benzene rings is 1. The van der Waals surface area contributed by atoms with Gasteiger partial charge in [0.2, 0.25) is 0 Å². The molecule has 4 nitrogen and oxygen atoms in total. The van der Waals surface area contributed by atoms with Crippen LogP contribution in [0.4, 0.5) is 0 Å². The Morgan fingerprint density at radius 3 is 2.58 bits per heavy atom. The van der Waals surface area contributed by atoms with Gasteiger partial charge < -0.3 is 9.05 Å². The van der Waals surface area contributed by atoms with Crippen molar-refractivity contribution < 1.29 is 13.6 Å². The molecule has 0 aliphatic rings. The molecule has 1 heterocycles. The largest absolute Gasteiger partial charge is 0.337 e. The van der Waals surface area contributed by atoms with Crippen molar-refractivity contribution in [2.24, 2.45) is 0 Å². The van der Waals surface area contributed by atoms with Gasteiger partial charge in [-0.3, -0.25) is 4.57 Å². The maximum atomic E-state index is 12.4. The fourth-order valence-electron chi connectivity index (χ4n) is 1.83. The van der Waals surface area contributed by atoms with Gasteiger partial charge in [0.1, 0.15) is 11.2 Å². The lowest BCUT2D eigenvalue weighted by Gasteiger charge is -2.15. The van der Waals surface area contributed by atoms with E-state index in [1.165, 1.54) is 5.56 Å². The number of fused-ring (bicyclic) bond motifs is 1. The van der Waals surface area contributed by atoms with Crippen molar-refractivity contribution in [2.75, 3.05) is 13.2 Å². The molecule has 0 fully saturated rings. The summed E-state index contributed by atoms with van der Waals surface area (Å²) in [7, 11) is -3.06. The maximum absolute atomic E-state index is 12.4. The van der Waals surface area contributed by atoms with Crippen LogP contribution in [0.3, 0.4) is 0 Å². The Kier molecular flexibility index (Phi) is 4.74. The molecule has 1 aromatic carbocycles. The Hall–Kier alpha value is -0.740. The first-order valence-electron chi connectivity index (χ1n) is 6.30. The van der Waals surface area contributed by atoms with E-state index < -0.39 is 7.60 Å². The van der Waals surface area contributed by atoms with Crippen LogP contribution in [0.1, 0.15) is 24.4 Å². The van der Waals surface area contributed by atoms with Gasteiger partial charge in [0.15, 0.2) is 0 Å². The average molecular weight is 299 g/mol. The second-order valence-corrected chi connectivity index (χ2v) is 7.35. The summed E-state index contributed by atoms with van der Waals surface area (Å²) in [5.74, 6) is 0. The van der Waals surface area contributed by atoms with E-state index in [0.29, 0.717) is 13.2 Å². The summed E-state index contributed by atoms with van der Waals surface area (Å²) in [6.45, 7) is 6.42. The summed E-state index contributed by atoms with van der Waals surface area (Å²) in [6.07, 6.45) is 0.243. The van der Waals surface area contributed by atoms with Gasteiger partial charge in [-0.05, 0) is 38.5 Å². The van der Waals surface area contributed by atoms with Crippen LogP contribution in [-0.2, 0) is 19.8 Å². The minimum absolute atomic E-state index is 0.243. The molecule has 2 aromatic rings. The predicted octanol–water partition coefficient (Wildman–Crippen LogP) is 4.37. The van der Waals surface area contributed by atoms with Gasteiger partial charge in [0.25, 0.3) is 0 Å². The third-order valence-electron chi connectivity index (χ3n) is 2.57. The highest BCUT2D eigenvalue weighted by Gasteiger charge is 2.26. The Morgan fingerprint density at radius 2 is 1.95 bits per heavy atom. The van der Waals surface area contributed by atoms with E-state index in [9.17, 15) is 4.57 Å². The topological polar surface area (TPSA) is 48.4 Å². The van der Waals surface area contributed by atoms with Gasteiger partial charge in [-0.15, -0.1) is 11.3 Å². The number of nitrogens with zero attached hydrogens (tertiary/aromatic N) is 1. The molecule has 0 saturated heterocycles. The lowest BCUT2D eigenvalue weighted by molar-refractivity contribution is 0.219. The standard InChI is InChI=1S/C13H18NO3PS/c1-4-16-18(15,17-5-2)9-13-14-11-7-6-10(3)8-12(11)19-13/h6-8H,4-5,9H2,1-3H3. The monoisotopic (exact) mass is 299 g/mol. The molecule has 0 aliphatic heterocycles. The summed E-state index contributed by atoms with van der Waals surface area (Å²) in [5.41, 5.74) is 2.13. The van der Waals surface area contributed by atoms with Crippen LogP contribution in [0, 0.1) is 6.92 Å². The number of hydrogen-bond acceptors (Lipinski definition) is 5. The van der Waals surface area contributed by atoms with E-state index in [2.05, 4.69) is 11.1 Å². The van der Waals surface area contributed by atoms with E-state index >= 15 is 0 Å². The van der Waals surface area contributed by atoms with Crippen molar-refractivity contribution in [1.29, 1.82) is 0 Å². The van der Waals surface area contributed by atoms with E-state index in [-0.39, 0.29) is 6.16 Å². The lowest BCUT2D eigenvalue weighted by atomic mass is 10.2. The zero-order valence-electron chi connectivity index (χ0n) is 11.4. The third-order valence-corrected chi connectivity index (χ3v) is 5.79. The van der Waals surface area contributed by atoms with Crippen molar-refractivity contribution in [2.45, 2.75) is 26.9 Å². The van der Waals surface area contributed by atoms with Crippen molar-refractivity contribution in [1.82, 2.24) is 4.98 Å². The van der Waals surface area contributed by atoms with E-state index in [4.69, 9.17) is 9.05 Å².